The van der Waals surface area contributed by atoms with E-state index in [1.54, 1.807) is 24.3 Å². The number of hydrazone groups is 1. The summed E-state index contributed by atoms with van der Waals surface area (Å²) in [4.78, 5) is 25.2. The van der Waals surface area contributed by atoms with E-state index in [1.165, 1.54) is 44.7 Å². The van der Waals surface area contributed by atoms with Gasteiger partial charge in [-0.3, -0.25) is 4.79 Å². The molecule has 4 aromatic rings. The summed E-state index contributed by atoms with van der Waals surface area (Å²) in [6, 6.07) is 21.2. The first-order valence-electron chi connectivity index (χ1n) is 10.6. The quantitative estimate of drug-likeness (QED) is 0.177. The number of ether oxygens (including phenoxy) is 3. The molecule has 0 aliphatic heterocycles. The Hall–Kier alpha value is -4.72. The van der Waals surface area contributed by atoms with Gasteiger partial charge < -0.3 is 14.2 Å². The third kappa shape index (κ3) is 5.11. The molecular weight excluding hydrogens is 451 g/mol. The van der Waals surface area contributed by atoms with E-state index < -0.39 is 17.7 Å². The van der Waals surface area contributed by atoms with E-state index >= 15 is 0 Å². The number of fused-ring (bicyclic) bond motifs is 1. The average molecular weight is 472 g/mol. The van der Waals surface area contributed by atoms with Crippen LogP contribution in [0, 0.1) is 5.82 Å². The van der Waals surface area contributed by atoms with E-state index in [4.69, 9.17) is 14.2 Å². The molecule has 7 nitrogen and oxygen atoms in total. The van der Waals surface area contributed by atoms with Gasteiger partial charge in [0.05, 0.1) is 31.6 Å². The predicted octanol–water partition coefficient (Wildman–Crippen LogP) is 4.98. The summed E-state index contributed by atoms with van der Waals surface area (Å²) in [6.45, 7) is 0. The molecule has 0 saturated carbocycles. The van der Waals surface area contributed by atoms with Crippen molar-refractivity contribution in [1.82, 2.24) is 5.43 Å². The second-order valence-electron chi connectivity index (χ2n) is 7.34. The van der Waals surface area contributed by atoms with Crippen molar-refractivity contribution < 1.29 is 28.2 Å². The molecule has 0 aromatic heterocycles. The second-order valence-corrected chi connectivity index (χ2v) is 7.34. The molecule has 35 heavy (non-hydrogen) atoms. The van der Waals surface area contributed by atoms with Crippen molar-refractivity contribution in [3.8, 4) is 17.2 Å². The molecule has 0 radical (unpaired) electrons. The van der Waals surface area contributed by atoms with Crippen LogP contribution in [-0.2, 0) is 0 Å². The Morgan fingerprint density at radius 3 is 2.34 bits per heavy atom. The van der Waals surface area contributed by atoms with Crippen LogP contribution in [0.2, 0.25) is 0 Å². The summed E-state index contributed by atoms with van der Waals surface area (Å²) < 4.78 is 30.0. The number of hydrogen-bond donors (Lipinski definition) is 1. The molecule has 8 heteroatoms. The van der Waals surface area contributed by atoms with Crippen molar-refractivity contribution >= 4 is 28.9 Å². The van der Waals surface area contributed by atoms with Gasteiger partial charge in [0.15, 0.2) is 11.5 Å². The number of carbonyl (C=O) groups is 2. The fourth-order valence-corrected chi connectivity index (χ4v) is 3.48. The Morgan fingerprint density at radius 2 is 1.57 bits per heavy atom. The Labute approximate surface area is 200 Å². The molecule has 0 bridgehead atoms. The lowest BCUT2D eigenvalue weighted by Gasteiger charge is -2.12. The third-order valence-electron chi connectivity index (χ3n) is 5.23. The maximum absolute atomic E-state index is 13.9. The van der Waals surface area contributed by atoms with Crippen LogP contribution in [0.1, 0.15) is 26.3 Å². The Kier molecular flexibility index (Phi) is 7.02. The van der Waals surface area contributed by atoms with E-state index in [9.17, 15) is 14.0 Å². The third-order valence-corrected chi connectivity index (χ3v) is 5.23. The van der Waals surface area contributed by atoms with Gasteiger partial charge in [-0.2, -0.15) is 5.10 Å². The highest BCUT2D eigenvalue weighted by Crippen LogP contribution is 2.30. The topological polar surface area (TPSA) is 86.2 Å². The lowest BCUT2D eigenvalue weighted by molar-refractivity contribution is 0.0734. The molecule has 0 aliphatic rings. The SMILES string of the molecule is COc1ccc(C(=O)Oc2ccc3ccccc3c2/C=N\NC(=O)c2ccccc2F)cc1OC. The zero-order valence-corrected chi connectivity index (χ0v) is 18.9. The van der Waals surface area contributed by atoms with Gasteiger partial charge in [0.2, 0.25) is 0 Å². The molecule has 0 unspecified atom stereocenters. The van der Waals surface area contributed by atoms with Crippen LogP contribution in [0.4, 0.5) is 4.39 Å². The summed E-state index contributed by atoms with van der Waals surface area (Å²) in [6.07, 6.45) is 1.36. The van der Waals surface area contributed by atoms with Gasteiger partial charge in [0, 0.05) is 5.56 Å². The summed E-state index contributed by atoms with van der Waals surface area (Å²) in [5.41, 5.74) is 2.90. The molecule has 1 amide bonds. The highest BCUT2D eigenvalue weighted by molar-refractivity contribution is 6.04. The number of hydrogen-bond acceptors (Lipinski definition) is 6. The molecule has 4 rings (SSSR count). The maximum Gasteiger partial charge on any atom is 0.343 e. The van der Waals surface area contributed by atoms with Gasteiger partial charge in [-0.15, -0.1) is 0 Å². The first-order chi connectivity index (χ1) is 17.0. The number of nitrogens with one attached hydrogen (secondary N) is 1. The number of methoxy groups -OCH3 is 2. The number of amides is 1. The van der Waals surface area contributed by atoms with Crippen molar-refractivity contribution in [3.05, 3.63) is 101 Å². The molecule has 0 heterocycles. The lowest BCUT2D eigenvalue weighted by Crippen LogP contribution is -2.19. The van der Waals surface area contributed by atoms with Crippen LogP contribution in [0.5, 0.6) is 17.2 Å². The van der Waals surface area contributed by atoms with Crippen LogP contribution < -0.4 is 19.6 Å². The molecule has 0 aliphatic carbocycles. The van der Waals surface area contributed by atoms with Crippen LogP contribution >= 0.6 is 0 Å². The van der Waals surface area contributed by atoms with Gasteiger partial charge in [0.1, 0.15) is 11.6 Å². The molecular formula is C27H21FN2O5. The van der Waals surface area contributed by atoms with E-state index in [2.05, 4.69) is 10.5 Å². The van der Waals surface area contributed by atoms with Gasteiger partial charge in [-0.05, 0) is 47.2 Å². The fraction of sp³-hybridized carbons (Fsp3) is 0.0741. The summed E-state index contributed by atoms with van der Waals surface area (Å²) in [5, 5.41) is 5.60. The minimum absolute atomic E-state index is 0.136. The van der Waals surface area contributed by atoms with Gasteiger partial charge in [-0.25, -0.2) is 14.6 Å². The van der Waals surface area contributed by atoms with Crippen LogP contribution in [-0.4, -0.2) is 32.3 Å². The number of esters is 1. The molecule has 176 valence electrons. The van der Waals surface area contributed by atoms with E-state index in [0.717, 1.165) is 10.8 Å². The molecule has 0 fully saturated rings. The van der Waals surface area contributed by atoms with E-state index in [0.29, 0.717) is 17.1 Å². The van der Waals surface area contributed by atoms with Crippen molar-refractivity contribution in [2.45, 2.75) is 0 Å². The largest absolute Gasteiger partial charge is 0.493 e. The van der Waals surface area contributed by atoms with Gasteiger partial charge in [0.25, 0.3) is 5.91 Å². The first kappa shape index (κ1) is 23.4. The number of rotatable bonds is 7. The average Bonchev–Trinajstić information content (AvgIpc) is 2.89. The standard InChI is InChI=1S/C27H21FN2O5/c1-33-24-14-12-18(15-25(24)34-2)27(32)35-23-13-11-17-7-3-4-8-19(17)21(23)16-29-30-26(31)20-9-5-6-10-22(20)28/h3-16H,1-2H3,(H,30,31)/b29-16-. The van der Waals surface area contributed by atoms with Crippen LogP contribution in [0.15, 0.2) is 84.0 Å². The van der Waals surface area contributed by atoms with E-state index in [-0.39, 0.29) is 16.9 Å². The smallest absolute Gasteiger partial charge is 0.343 e. The molecule has 0 saturated heterocycles. The van der Waals surface area contributed by atoms with Gasteiger partial charge in [-0.1, -0.05) is 42.5 Å². The maximum atomic E-state index is 13.9. The second kappa shape index (κ2) is 10.5. The normalized spacial score (nSPS) is 10.8. The number of halogens is 1. The molecule has 1 N–H and O–H groups in total. The molecule has 0 atom stereocenters. The fourth-order valence-electron chi connectivity index (χ4n) is 3.48. The first-order valence-corrected chi connectivity index (χ1v) is 10.6. The minimum Gasteiger partial charge on any atom is -0.493 e. The van der Waals surface area contributed by atoms with Crippen LogP contribution in [0.3, 0.4) is 0 Å². The van der Waals surface area contributed by atoms with Crippen LogP contribution in [0.25, 0.3) is 10.8 Å². The molecule has 0 spiro atoms. The number of nitrogens with zero attached hydrogens (tertiary/aromatic N) is 1. The number of benzene rings is 4. The minimum atomic E-state index is -0.705. The summed E-state index contributed by atoms with van der Waals surface area (Å²) in [7, 11) is 2.97. The predicted molar refractivity (Wildman–Crippen MR) is 130 cm³/mol. The zero-order valence-electron chi connectivity index (χ0n) is 18.9. The monoisotopic (exact) mass is 472 g/mol. The van der Waals surface area contributed by atoms with Crippen molar-refractivity contribution in [3.63, 3.8) is 0 Å². The Balaban J connectivity index is 1.64. The Bertz CT molecular complexity index is 1430. The number of carbonyl (C=O) groups excluding carboxylic acids is 2. The lowest BCUT2D eigenvalue weighted by atomic mass is 10.0. The highest BCUT2D eigenvalue weighted by Gasteiger charge is 2.16. The van der Waals surface area contributed by atoms with Crippen molar-refractivity contribution in [2.24, 2.45) is 5.10 Å². The molecule has 4 aromatic carbocycles. The summed E-state index contributed by atoms with van der Waals surface area (Å²) >= 11 is 0. The van der Waals surface area contributed by atoms with Gasteiger partial charge >= 0.3 is 5.97 Å². The highest BCUT2D eigenvalue weighted by atomic mass is 19.1. The summed E-state index contributed by atoms with van der Waals surface area (Å²) in [5.74, 6) is -0.886. The zero-order chi connectivity index (χ0) is 24.8. The van der Waals surface area contributed by atoms with Crippen molar-refractivity contribution in [1.29, 1.82) is 0 Å². The van der Waals surface area contributed by atoms with Crippen molar-refractivity contribution in [2.75, 3.05) is 14.2 Å². The Morgan fingerprint density at radius 1 is 0.857 bits per heavy atom. The van der Waals surface area contributed by atoms with E-state index in [1.807, 2.05) is 30.3 Å².